The summed E-state index contributed by atoms with van der Waals surface area (Å²) in [6, 6.07) is 8.89. The van der Waals surface area contributed by atoms with Crippen molar-refractivity contribution in [1.29, 1.82) is 0 Å². The highest BCUT2D eigenvalue weighted by molar-refractivity contribution is 5.42. The van der Waals surface area contributed by atoms with Crippen molar-refractivity contribution in [2.75, 3.05) is 50.9 Å². The van der Waals surface area contributed by atoms with Crippen LogP contribution in [0, 0.1) is 13.8 Å². The van der Waals surface area contributed by atoms with E-state index in [4.69, 9.17) is 19.4 Å². The van der Waals surface area contributed by atoms with Gasteiger partial charge in [0.15, 0.2) is 0 Å². The number of aryl methyl sites for hydroxylation is 2. The van der Waals surface area contributed by atoms with Crippen LogP contribution in [0.4, 0.5) is 5.95 Å². The van der Waals surface area contributed by atoms with Crippen molar-refractivity contribution >= 4 is 5.95 Å². The van der Waals surface area contributed by atoms with Crippen LogP contribution in [0.2, 0.25) is 0 Å². The second-order valence-electron chi connectivity index (χ2n) is 8.75. The maximum absolute atomic E-state index is 6.07. The quantitative estimate of drug-likeness (QED) is 0.798. The van der Waals surface area contributed by atoms with Gasteiger partial charge in [-0.2, -0.15) is 0 Å². The van der Waals surface area contributed by atoms with Gasteiger partial charge in [0.2, 0.25) is 5.95 Å². The van der Waals surface area contributed by atoms with E-state index in [2.05, 4.69) is 47.9 Å². The Labute approximate surface area is 172 Å². The number of nitrogens with zero attached hydrogens (tertiary/aromatic N) is 4. The first-order chi connectivity index (χ1) is 14.1. The summed E-state index contributed by atoms with van der Waals surface area (Å²) in [6.07, 6.45) is 1.09. The molecule has 4 heterocycles. The molecule has 2 aromatic rings. The lowest BCUT2D eigenvalue weighted by atomic mass is 9.80. The molecule has 1 spiro atoms. The van der Waals surface area contributed by atoms with Gasteiger partial charge in [-0.3, -0.25) is 4.90 Å². The maximum atomic E-state index is 6.07. The molecule has 29 heavy (non-hydrogen) atoms. The number of anilines is 1. The molecule has 0 saturated carbocycles. The molecular formula is C23H30N4O2. The van der Waals surface area contributed by atoms with Crippen molar-refractivity contribution in [2.24, 2.45) is 0 Å². The van der Waals surface area contributed by atoms with Gasteiger partial charge in [-0.1, -0.05) is 29.8 Å². The molecule has 1 atom stereocenters. The third-order valence-electron chi connectivity index (χ3n) is 6.58. The monoisotopic (exact) mass is 394 g/mol. The molecule has 2 saturated heterocycles. The average Bonchev–Trinajstić information content (AvgIpc) is 3.14. The van der Waals surface area contributed by atoms with Gasteiger partial charge in [-0.15, -0.1) is 0 Å². The summed E-state index contributed by atoms with van der Waals surface area (Å²) in [5.74, 6) is 0.864. The second-order valence-corrected chi connectivity index (χ2v) is 8.75. The Bertz CT molecular complexity index is 879. The van der Waals surface area contributed by atoms with Crippen molar-refractivity contribution in [3.63, 3.8) is 0 Å². The van der Waals surface area contributed by atoms with Gasteiger partial charge >= 0.3 is 0 Å². The number of ether oxygens (including phenoxy) is 2. The van der Waals surface area contributed by atoms with Crippen LogP contribution in [-0.2, 0) is 28.0 Å². The van der Waals surface area contributed by atoms with Gasteiger partial charge in [0.1, 0.15) is 0 Å². The zero-order valence-corrected chi connectivity index (χ0v) is 17.5. The fourth-order valence-corrected chi connectivity index (χ4v) is 4.87. The number of hydrogen-bond donors (Lipinski definition) is 0. The molecule has 1 aromatic heterocycles. The van der Waals surface area contributed by atoms with Gasteiger partial charge in [0.05, 0.1) is 37.5 Å². The minimum atomic E-state index is -0.0208. The van der Waals surface area contributed by atoms with Crippen LogP contribution in [0.25, 0.3) is 0 Å². The third-order valence-corrected chi connectivity index (χ3v) is 6.58. The Hall–Kier alpha value is -2.02. The van der Waals surface area contributed by atoms with Crippen molar-refractivity contribution < 1.29 is 9.47 Å². The molecule has 5 rings (SSSR count). The van der Waals surface area contributed by atoms with E-state index in [-0.39, 0.29) is 5.41 Å². The Morgan fingerprint density at radius 1 is 1.00 bits per heavy atom. The smallest absolute Gasteiger partial charge is 0.225 e. The standard InChI is InChI=1S/C23H30N4O2/c1-17-3-5-19(6-4-17)13-26-8-7-23(15-26)16-29-14-20-18(2)24-22(25-21(20)23)27-9-11-28-12-10-27/h3-6H,7-16H2,1-2H3. The molecular weight excluding hydrogens is 364 g/mol. The zero-order valence-electron chi connectivity index (χ0n) is 17.5. The number of rotatable bonds is 3. The van der Waals surface area contributed by atoms with Crippen molar-refractivity contribution in [2.45, 2.75) is 38.8 Å². The van der Waals surface area contributed by atoms with E-state index in [9.17, 15) is 0 Å². The predicted octanol–water partition coefficient (Wildman–Crippen LogP) is 2.60. The Balaban J connectivity index is 1.42. The third kappa shape index (κ3) is 3.65. The highest BCUT2D eigenvalue weighted by Crippen LogP contribution is 2.41. The fourth-order valence-electron chi connectivity index (χ4n) is 4.87. The number of likely N-dealkylation sites (tertiary alicyclic amines) is 1. The number of benzene rings is 1. The van der Waals surface area contributed by atoms with Gasteiger partial charge in [-0.25, -0.2) is 9.97 Å². The van der Waals surface area contributed by atoms with Gasteiger partial charge < -0.3 is 14.4 Å². The predicted molar refractivity (Wildman–Crippen MR) is 112 cm³/mol. The molecule has 0 N–H and O–H groups in total. The molecule has 6 heteroatoms. The maximum Gasteiger partial charge on any atom is 0.225 e. The summed E-state index contributed by atoms with van der Waals surface area (Å²) >= 11 is 0. The van der Waals surface area contributed by atoms with E-state index in [0.717, 1.165) is 70.6 Å². The van der Waals surface area contributed by atoms with Crippen molar-refractivity contribution in [3.8, 4) is 0 Å². The van der Waals surface area contributed by atoms with E-state index in [1.807, 2.05) is 0 Å². The Morgan fingerprint density at radius 3 is 2.59 bits per heavy atom. The minimum absolute atomic E-state index is 0.0208. The molecule has 0 amide bonds. The fraction of sp³-hybridized carbons (Fsp3) is 0.565. The topological polar surface area (TPSA) is 50.7 Å². The minimum Gasteiger partial charge on any atom is -0.378 e. The average molecular weight is 395 g/mol. The first-order valence-electron chi connectivity index (χ1n) is 10.7. The van der Waals surface area contributed by atoms with Gasteiger partial charge in [0.25, 0.3) is 0 Å². The molecule has 2 fully saturated rings. The highest BCUT2D eigenvalue weighted by Gasteiger charge is 2.45. The van der Waals surface area contributed by atoms with E-state index in [0.29, 0.717) is 6.61 Å². The van der Waals surface area contributed by atoms with Crippen LogP contribution in [0.5, 0.6) is 0 Å². The second kappa shape index (κ2) is 7.67. The molecule has 1 unspecified atom stereocenters. The molecule has 3 aliphatic rings. The Morgan fingerprint density at radius 2 is 1.79 bits per heavy atom. The molecule has 1 aromatic carbocycles. The van der Waals surface area contributed by atoms with E-state index < -0.39 is 0 Å². The molecule has 0 radical (unpaired) electrons. The normalized spacial score (nSPS) is 24.8. The highest BCUT2D eigenvalue weighted by atomic mass is 16.5. The first-order valence-corrected chi connectivity index (χ1v) is 10.7. The summed E-state index contributed by atoms with van der Waals surface area (Å²) in [5.41, 5.74) is 6.15. The summed E-state index contributed by atoms with van der Waals surface area (Å²) < 4.78 is 11.6. The van der Waals surface area contributed by atoms with E-state index >= 15 is 0 Å². The SMILES string of the molecule is Cc1ccc(CN2CCC3(COCc4c(C)nc(N5CCOCC5)nc43)C2)cc1. The molecule has 6 nitrogen and oxygen atoms in total. The van der Waals surface area contributed by atoms with Crippen LogP contribution in [-0.4, -0.2) is 60.9 Å². The van der Waals surface area contributed by atoms with Crippen LogP contribution >= 0.6 is 0 Å². The summed E-state index contributed by atoms with van der Waals surface area (Å²) in [4.78, 5) is 14.8. The van der Waals surface area contributed by atoms with Crippen LogP contribution < -0.4 is 4.90 Å². The summed E-state index contributed by atoms with van der Waals surface area (Å²) in [7, 11) is 0. The number of morpholine rings is 1. The van der Waals surface area contributed by atoms with Crippen LogP contribution in [0.3, 0.4) is 0 Å². The largest absolute Gasteiger partial charge is 0.378 e. The first kappa shape index (κ1) is 19.0. The van der Waals surface area contributed by atoms with Gasteiger partial charge in [-0.05, 0) is 32.4 Å². The molecule has 3 aliphatic heterocycles. The molecule has 154 valence electrons. The summed E-state index contributed by atoms with van der Waals surface area (Å²) in [6.45, 7) is 11.9. The Kier molecular flexibility index (Phi) is 5.02. The van der Waals surface area contributed by atoms with Crippen molar-refractivity contribution in [3.05, 3.63) is 52.3 Å². The lowest BCUT2D eigenvalue weighted by Gasteiger charge is -2.36. The van der Waals surface area contributed by atoms with Crippen LogP contribution in [0.1, 0.15) is 34.5 Å². The van der Waals surface area contributed by atoms with Crippen molar-refractivity contribution in [1.82, 2.24) is 14.9 Å². The molecule has 0 aliphatic carbocycles. The number of hydrogen-bond acceptors (Lipinski definition) is 6. The number of fused-ring (bicyclic) bond motifs is 2. The molecule has 0 bridgehead atoms. The van der Waals surface area contributed by atoms with Gasteiger partial charge in [0, 0.05) is 37.4 Å². The van der Waals surface area contributed by atoms with E-state index in [1.54, 1.807) is 0 Å². The van der Waals surface area contributed by atoms with E-state index in [1.165, 1.54) is 22.4 Å². The lowest BCUT2D eigenvalue weighted by Crippen LogP contribution is -2.42. The lowest BCUT2D eigenvalue weighted by molar-refractivity contribution is 0.0497. The van der Waals surface area contributed by atoms with Crippen LogP contribution in [0.15, 0.2) is 24.3 Å². The number of aromatic nitrogens is 2. The zero-order chi connectivity index (χ0) is 19.8. The summed E-state index contributed by atoms with van der Waals surface area (Å²) in [5, 5.41) is 0.